The average molecular weight is 397 g/mol. The highest BCUT2D eigenvalue weighted by molar-refractivity contribution is 7.92. The second-order valence-electron chi connectivity index (χ2n) is 6.28. The summed E-state index contributed by atoms with van der Waals surface area (Å²) in [6.45, 7) is 4.04. The van der Waals surface area contributed by atoms with E-state index in [-0.39, 0.29) is 17.3 Å². The fraction of sp³-hybridized carbons (Fsp3) is 0.278. The van der Waals surface area contributed by atoms with Crippen molar-refractivity contribution >= 4 is 34.1 Å². The first-order valence-corrected chi connectivity index (χ1v) is 9.43. The van der Waals surface area contributed by atoms with E-state index in [1.54, 1.807) is 12.1 Å². The largest absolute Gasteiger partial charge is 0.480 e. The molecule has 0 amide bonds. The molecule has 3 rings (SSSR count). The molecule has 0 spiro atoms. The highest BCUT2D eigenvalue weighted by atomic mass is 35.5. The van der Waals surface area contributed by atoms with Crippen LogP contribution in [0.2, 0.25) is 0 Å². The van der Waals surface area contributed by atoms with Crippen molar-refractivity contribution in [3.05, 3.63) is 58.7 Å². The summed E-state index contributed by atoms with van der Waals surface area (Å²) in [5, 5.41) is 12.0. The number of nitrogens with one attached hydrogen (secondary N) is 2. The van der Waals surface area contributed by atoms with Gasteiger partial charge in [-0.25, -0.2) is 8.42 Å². The van der Waals surface area contributed by atoms with Crippen molar-refractivity contribution in [3.8, 4) is 0 Å². The number of aliphatic carboxylic acids is 1. The molecule has 1 atom stereocenters. The first-order valence-electron chi connectivity index (χ1n) is 7.95. The molecule has 2 aromatic rings. The summed E-state index contributed by atoms with van der Waals surface area (Å²) >= 11 is 0. The Morgan fingerprint density at radius 1 is 1.15 bits per heavy atom. The minimum atomic E-state index is -3.72. The second kappa shape index (κ2) is 7.65. The number of hydrogen-bond donors (Lipinski definition) is 3. The van der Waals surface area contributed by atoms with Crippen molar-refractivity contribution in [1.29, 1.82) is 0 Å². The Hall–Kier alpha value is -2.09. The van der Waals surface area contributed by atoms with Crippen LogP contribution in [0, 0.1) is 13.8 Å². The third-order valence-electron chi connectivity index (χ3n) is 4.47. The van der Waals surface area contributed by atoms with Crippen molar-refractivity contribution in [2.45, 2.75) is 37.8 Å². The molecule has 0 aromatic heterocycles. The first-order chi connectivity index (χ1) is 11.8. The lowest BCUT2D eigenvalue weighted by atomic mass is 9.96. The monoisotopic (exact) mass is 396 g/mol. The van der Waals surface area contributed by atoms with Crippen molar-refractivity contribution in [2.24, 2.45) is 0 Å². The Morgan fingerprint density at radius 2 is 1.81 bits per heavy atom. The van der Waals surface area contributed by atoms with Crippen LogP contribution in [0.15, 0.2) is 41.3 Å². The molecule has 2 aromatic carbocycles. The predicted octanol–water partition coefficient (Wildman–Crippen LogP) is 2.62. The zero-order chi connectivity index (χ0) is 18.2. The molecule has 1 heterocycles. The molecule has 0 unspecified atom stereocenters. The Bertz CT molecular complexity index is 924. The van der Waals surface area contributed by atoms with Crippen molar-refractivity contribution in [1.82, 2.24) is 5.32 Å². The van der Waals surface area contributed by atoms with E-state index in [4.69, 9.17) is 5.11 Å². The maximum Gasteiger partial charge on any atom is 0.321 e. The summed E-state index contributed by atoms with van der Waals surface area (Å²) in [4.78, 5) is 11.3. The maximum atomic E-state index is 12.7. The molecule has 1 aliphatic heterocycles. The third kappa shape index (κ3) is 4.00. The number of hydrogen-bond acceptors (Lipinski definition) is 4. The summed E-state index contributed by atoms with van der Waals surface area (Å²) in [5.41, 5.74) is 3.96. The van der Waals surface area contributed by atoms with Crippen LogP contribution in [0.3, 0.4) is 0 Å². The topological polar surface area (TPSA) is 95.5 Å². The lowest BCUT2D eigenvalue weighted by molar-refractivity contribution is -0.139. The molecule has 1 aliphatic rings. The molecule has 0 saturated heterocycles. The number of rotatable bonds is 4. The Balaban J connectivity index is 0.00000243. The van der Waals surface area contributed by atoms with Crippen LogP contribution >= 0.6 is 12.4 Å². The van der Waals surface area contributed by atoms with E-state index < -0.39 is 22.0 Å². The van der Waals surface area contributed by atoms with Crippen molar-refractivity contribution < 1.29 is 18.3 Å². The van der Waals surface area contributed by atoms with E-state index in [1.807, 2.05) is 32.0 Å². The highest BCUT2D eigenvalue weighted by Gasteiger charge is 2.25. The van der Waals surface area contributed by atoms with E-state index in [1.165, 1.54) is 6.07 Å². The van der Waals surface area contributed by atoms with Gasteiger partial charge in [-0.1, -0.05) is 24.3 Å². The van der Waals surface area contributed by atoms with Gasteiger partial charge in [0.1, 0.15) is 6.04 Å². The second-order valence-corrected chi connectivity index (χ2v) is 7.96. The van der Waals surface area contributed by atoms with Gasteiger partial charge in [0.2, 0.25) is 0 Å². The summed E-state index contributed by atoms with van der Waals surface area (Å²) in [6, 6.07) is 9.79. The standard InChI is InChI=1S/C18H20N2O4S.ClH/c1-11-4-3-5-12(2)17(11)20-25(23,24)15-7-6-13-9-16(18(21)22)19-10-14(13)8-15;/h3-8,16,19-20H,9-10H2,1-2H3,(H,21,22);1H/t16-;/m0./s1. The number of benzene rings is 2. The zero-order valence-corrected chi connectivity index (χ0v) is 16.1. The lowest BCUT2D eigenvalue weighted by Gasteiger charge is -2.23. The molecule has 0 saturated carbocycles. The van der Waals surface area contributed by atoms with E-state index >= 15 is 0 Å². The van der Waals surface area contributed by atoms with Crippen molar-refractivity contribution in [3.63, 3.8) is 0 Å². The first kappa shape index (κ1) is 20.2. The number of halogens is 1. The SMILES string of the molecule is Cc1cccc(C)c1NS(=O)(=O)c1ccc2c(c1)CN[C@H](C(=O)O)C2.Cl. The van der Waals surface area contributed by atoms with E-state index in [0.29, 0.717) is 18.7 Å². The van der Waals surface area contributed by atoms with Gasteiger partial charge in [0.15, 0.2) is 0 Å². The van der Waals surface area contributed by atoms with Gasteiger partial charge in [-0.15, -0.1) is 12.4 Å². The predicted molar refractivity (Wildman–Crippen MR) is 102 cm³/mol. The van der Waals surface area contributed by atoms with Gasteiger partial charge in [-0.2, -0.15) is 0 Å². The number of carbonyl (C=O) groups is 1. The van der Waals surface area contributed by atoms with E-state index in [0.717, 1.165) is 22.3 Å². The number of sulfonamides is 1. The minimum absolute atomic E-state index is 0. The molecule has 140 valence electrons. The average Bonchev–Trinajstić information content (AvgIpc) is 2.57. The molecule has 3 N–H and O–H groups in total. The van der Waals surface area contributed by atoms with Crippen LogP contribution in [-0.2, 0) is 27.8 Å². The molecular weight excluding hydrogens is 376 g/mol. The Kier molecular flexibility index (Phi) is 5.95. The van der Waals surface area contributed by atoms with E-state index in [9.17, 15) is 13.2 Å². The lowest BCUT2D eigenvalue weighted by Crippen LogP contribution is -2.41. The summed E-state index contributed by atoms with van der Waals surface area (Å²) in [7, 11) is -3.72. The molecule has 8 heteroatoms. The zero-order valence-electron chi connectivity index (χ0n) is 14.4. The third-order valence-corrected chi connectivity index (χ3v) is 5.81. The van der Waals surface area contributed by atoms with Gasteiger partial charge in [-0.05, 0) is 54.7 Å². The van der Waals surface area contributed by atoms with Gasteiger partial charge < -0.3 is 10.4 Å². The van der Waals surface area contributed by atoms with Crippen LogP contribution in [-0.4, -0.2) is 25.5 Å². The highest BCUT2D eigenvalue weighted by Crippen LogP contribution is 2.26. The molecule has 26 heavy (non-hydrogen) atoms. The smallest absolute Gasteiger partial charge is 0.321 e. The Morgan fingerprint density at radius 3 is 2.42 bits per heavy atom. The fourth-order valence-electron chi connectivity index (χ4n) is 3.00. The quantitative estimate of drug-likeness (QED) is 0.738. The number of anilines is 1. The number of carboxylic acids is 1. The summed E-state index contributed by atoms with van der Waals surface area (Å²) < 4.78 is 28.1. The number of carboxylic acid groups (broad SMARTS) is 1. The van der Waals surface area contributed by atoms with Crippen LogP contribution in [0.4, 0.5) is 5.69 Å². The molecular formula is C18H21ClN2O4S. The van der Waals surface area contributed by atoms with E-state index in [2.05, 4.69) is 10.0 Å². The molecule has 0 radical (unpaired) electrons. The summed E-state index contributed by atoms with van der Waals surface area (Å²) in [6.07, 6.45) is 0.343. The molecule has 6 nitrogen and oxygen atoms in total. The Labute approximate surface area is 159 Å². The van der Waals surface area contributed by atoms with Gasteiger partial charge in [0.05, 0.1) is 10.6 Å². The number of para-hydroxylation sites is 1. The van der Waals surface area contributed by atoms with Crippen molar-refractivity contribution in [2.75, 3.05) is 4.72 Å². The van der Waals surface area contributed by atoms with Gasteiger partial charge in [-0.3, -0.25) is 9.52 Å². The van der Waals surface area contributed by atoms with Gasteiger partial charge in [0.25, 0.3) is 10.0 Å². The van der Waals surface area contributed by atoms with Gasteiger partial charge >= 0.3 is 5.97 Å². The van der Waals surface area contributed by atoms with Crippen LogP contribution in [0.25, 0.3) is 0 Å². The minimum Gasteiger partial charge on any atom is -0.480 e. The number of fused-ring (bicyclic) bond motifs is 1. The molecule has 0 fully saturated rings. The van der Waals surface area contributed by atoms with Crippen LogP contribution in [0.5, 0.6) is 0 Å². The molecule has 0 aliphatic carbocycles. The normalized spacial score (nSPS) is 16.3. The maximum absolute atomic E-state index is 12.7. The van der Waals surface area contributed by atoms with Crippen LogP contribution in [0.1, 0.15) is 22.3 Å². The number of aryl methyl sites for hydroxylation is 2. The fourth-order valence-corrected chi connectivity index (χ4v) is 4.25. The van der Waals surface area contributed by atoms with Gasteiger partial charge in [0, 0.05) is 6.54 Å². The molecule has 0 bridgehead atoms. The summed E-state index contributed by atoms with van der Waals surface area (Å²) in [5.74, 6) is -0.904. The van der Waals surface area contributed by atoms with Crippen LogP contribution < -0.4 is 10.0 Å².